The quantitative estimate of drug-likeness (QED) is 0.532. The molecular weight excluding hydrogens is 246 g/mol. The molecule has 0 aromatic heterocycles. The van der Waals surface area contributed by atoms with Gasteiger partial charge in [0.05, 0.1) is 31.3 Å². The minimum atomic E-state index is -0.453. The Balaban J connectivity index is 1.88. The normalized spacial score (nSPS) is 20.1. The van der Waals surface area contributed by atoms with Crippen molar-refractivity contribution >= 4 is 6.21 Å². The molecule has 0 bridgehead atoms. The number of allylic oxidation sites excluding steroid dienone is 1. The molecule has 1 atom stereocenters. The summed E-state index contributed by atoms with van der Waals surface area (Å²) in [5.74, 6) is 1.07. The second-order valence-electron chi connectivity index (χ2n) is 5.08. The zero-order valence-electron chi connectivity index (χ0n) is 11.6. The Bertz CT molecular complexity index is 371. The number of hydrogen-bond acceptors (Lipinski definition) is 7. The number of aliphatic hydroxyl groups excluding tert-OH is 2. The van der Waals surface area contributed by atoms with Gasteiger partial charge in [-0.25, -0.2) is 0 Å². The van der Waals surface area contributed by atoms with Crippen molar-refractivity contribution in [1.82, 2.24) is 20.0 Å². The van der Waals surface area contributed by atoms with E-state index in [2.05, 4.69) is 20.1 Å². The molecule has 2 heterocycles. The minimum Gasteiger partial charge on any atom is -0.395 e. The average molecular weight is 269 g/mol. The Labute approximate surface area is 113 Å². The summed E-state index contributed by atoms with van der Waals surface area (Å²) in [6.45, 7) is 3.16. The van der Waals surface area contributed by atoms with Crippen LogP contribution in [0.2, 0.25) is 0 Å². The van der Waals surface area contributed by atoms with Crippen LogP contribution in [0.3, 0.4) is 0 Å². The van der Waals surface area contributed by atoms with Crippen molar-refractivity contribution in [2.24, 2.45) is 4.99 Å². The highest BCUT2D eigenvalue weighted by molar-refractivity contribution is 5.80. The summed E-state index contributed by atoms with van der Waals surface area (Å²) in [4.78, 5) is 10.4. The Morgan fingerprint density at radius 3 is 3.11 bits per heavy atom. The van der Waals surface area contributed by atoms with Gasteiger partial charge in [0, 0.05) is 26.7 Å². The van der Waals surface area contributed by atoms with Gasteiger partial charge in [0.25, 0.3) is 0 Å². The summed E-state index contributed by atoms with van der Waals surface area (Å²) in [5.41, 5.74) is 1.04. The molecule has 3 N–H and O–H groups in total. The third kappa shape index (κ3) is 3.37. The second kappa shape index (κ2) is 6.23. The van der Waals surface area contributed by atoms with Crippen molar-refractivity contribution in [3.8, 4) is 0 Å². The summed E-state index contributed by atoms with van der Waals surface area (Å²) < 4.78 is 0. The molecule has 0 saturated heterocycles. The van der Waals surface area contributed by atoms with Crippen molar-refractivity contribution in [3.05, 3.63) is 11.5 Å². The van der Waals surface area contributed by atoms with Gasteiger partial charge in [0.1, 0.15) is 12.5 Å². The SMILES string of the molecule is CN(CCO)CC(O)CN1CNC2=C1C=NCN2C. The summed E-state index contributed by atoms with van der Waals surface area (Å²) in [5, 5.41) is 22.3. The lowest BCUT2D eigenvalue weighted by Crippen LogP contribution is -2.39. The molecular formula is C12H23N5O2. The van der Waals surface area contributed by atoms with Crippen LogP contribution in [0.5, 0.6) is 0 Å². The van der Waals surface area contributed by atoms with Crippen LogP contribution in [0.4, 0.5) is 0 Å². The molecule has 7 nitrogen and oxygen atoms in total. The van der Waals surface area contributed by atoms with E-state index in [0.29, 0.717) is 33.0 Å². The maximum absolute atomic E-state index is 10.1. The zero-order valence-corrected chi connectivity index (χ0v) is 11.6. The topological polar surface area (TPSA) is 74.6 Å². The van der Waals surface area contributed by atoms with Crippen molar-refractivity contribution < 1.29 is 10.2 Å². The second-order valence-corrected chi connectivity index (χ2v) is 5.08. The lowest BCUT2D eigenvalue weighted by atomic mass is 10.3. The maximum Gasteiger partial charge on any atom is 0.130 e. The Morgan fingerprint density at radius 1 is 1.58 bits per heavy atom. The molecule has 0 radical (unpaired) electrons. The molecule has 0 fully saturated rings. The summed E-state index contributed by atoms with van der Waals surface area (Å²) in [6.07, 6.45) is 1.41. The fraction of sp³-hybridized carbons (Fsp3) is 0.750. The van der Waals surface area contributed by atoms with Crippen LogP contribution in [0.1, 0.15) is 0 Å². The third-order valence-electron chi connectivity index (χ3n) is 3.35. The Hall–Kier alpha value is -1.31. The first-order chi connectivity index (χ1) is 9.11. The molecule has 2 aliphatic heterocycles. The molecule has 0 aromatic carbocycles. The number of aliphatic hydroxyl groups is 2. The smallest absolute Gasteiger partial charge is 0.130 e. The molecule has 0 saturated carbocycles. The van der Waals surface area contributed by atoms with Gasteiger partial charge in [-0.1, -0.05) is 0 Å². The largest absolute Gasteiger partial charge is 0.395 e. The number of β-amino-alcohol motifs (C(OH)–C–C–N with tert-alkyl or cyclic N) is 1. The summed E-state index contributed by atoms with van der Waals surface area (Å²) in [6, 6.07) is 0. The van der Waals surface area contributed by atoms with Crippen LogP contribution in [-0.2, 0) is 0 Å². The maximum atomic E-state index is 10.1. The monoisotopic (exact) mass is 269 g/mol. The highest BCUT2D eigenvalue weighted by atomic mass is 16.3. The number of aliphatic imine (C=N–C) groups is 1. The van der Waals surface area contributed by atoms with E-state index < -0.39 is 6.10 Å². The highest BCUT2D eigenvalue weighted by Crippen LogP contribution is 2.19. The number of hydrogen-bond donors (Lipinski definition) is 3. The molecule has 0 spiro atoms. The fourth-order valence-corrected chi connectivity index (χ4v) is 2.39. The van der Waals surface area contributed by atoms with Crippen molar-refractivity contribution in [3.63, 3.8) is 0 Å². The van der Waals surface area contributed by atoms with Gasteiger partial charge in [0.2, 0.25) is 0 Å². The number of rotatable bonds is 6. The van der Waals surface area contributed by atoms with E-state index in [1.807, 2.05) is 25.2 Å². The first kappa shape index (κ1) is 14.1. The van der Waals surface area contributed by atoms with Crippen LogP contribution >= 0.6 is 0 Å². The van der Waals surface area contributed by atoms with E-state index in [0.717, 1.165) is 11.5 Å². The Kier molecular flexibility index (Phi) is 4.62. The van der Waals surface area contributed by atoms with Crippen LogP contribution < -0.4 is 5.32 Å². The van der Waals surface area contributed by atoms with E-state index >= 15 is 0 Å². The predicted molar refractivity (Wildman–Crippen MR) is 73.4 cm³/mol. The van der Waals surface area contributed by atoms with Crippen molar-refractivity contribution in [2.45, 2.75) is 6.10 Å². The number of nitrogens with zero attached hydrogens (tertiary/aromatic N) is 4. The van der Waals surface area contributed by atoms with Gasteiger partial charge in [-0.3, -0.25) is 4.99 Å². The van der Waals surface area contributed by atoms with Gasteiger partial charge < -0.3 is 30.2 Å². The van der Waals surface area contributed by atoms with E-state index in [4.69, 9.17) is 5.11 Å². The standard InChI is InChI=1S/C12H23N5O2/c1-15(3-4-18)6-10(19)7-17-9-14-12-11(17)5-13-8-16(12)2/h5,10,14,18-19H,3-4,6-9H2,1-2H3. The average Bonchev–Trinajstić information content (AvgIpc) is 2.74. The first-order valence-corrected chi connectivity index (χ1v) is 6.53. The highest BCUT2D eigenvalue weighted by Gasteiger charge is 2.26. The molecule has 1 unspecified atom stereocenters. The fourth-order valence-electron chi connectivity index (χ4n) is 2.39. The minimum absolute atomic E-state index is 0.112. The number of nitrogens with one attached hydrogen (secondary N) is 1. The van der Waals surface area contributed by atoms with E-state index in [1.54, 1.807) is 0 Å². The lowest BCUT2D eigenvalue weighted by Gasteiger charge is -2.26. The van der Waals surface area contributed by atoms with Crippen LogP contribution in [0, 0.1) is 0 Å². The first-order valence-electron chi connectivity index (χ1n) is 6.53. The van der Waals surface area contributed by atoms with Crippen molar-refractivity contribution in [2.75, 3.05) is 53.7 Å². The zero-order chi connectivity index (χ0) is 13.8. The molecule has 0 aromatic rings. The predicted octanol–water partition coefficient (Wildman–Crippen LogP) is -1.72. The van der Waals surface area contributed by atoms with Crippen LogP contribution in [0.15, 0.2) is 16.5 Å². The van der Waals surface area contributed by atoms with E-state index in [-0.39, 0.29) is 6.61 Å². The summed E-state index contributed by atoms with van der Waals surface area (Å²) >= 11 is 0. The molecule has 7 heteroatoms. The van der Waals surface area contributed by atoms with Crippen molar-refractivity contribution in [1.29, 1.82) is 0 Å². The van der Waals surface area contributed by atoms with E-state index in [1.165, 1.54) is 0 Å². The van der Waals surface area contributed by atoms with Gasteiger partial charge in [-0.15, -0.1) is 0 Å². The molecule has 108 valence electrons. The summed E-state index contributed by atoms with van der Waals surface area (Å²) in [7, 11) is 3.88. The molecule has 19 heavy (non-hydrogen) atoms. The molecule has 2 aliphatic rings. The molecule has 2 rings (SSSR count). The van der Waals surface area contributed by atoms with Gasteiger partial charge in [-0.05, 0) is 7.05 Å². The lowest BCUT2D eigenvalue weighted by molar-refractivity contribution is 0.0899. The van der Waals surface area contributed by atoms with Crippen LogP contribution in [0.25, 0.3) is 0 Å². The van der Waals surface area contributed by atoms with Gasteiger partial charge in [0.15, 0.2) is 0 Å². The van der Waals surface area contributed by atoms with Crippen LogP contribution in [-0.4, -0.2) is 90.9 Å². The molecule has 0 aliphatic carbocycles. The molecule has 0 amide bonds. The number of likely N-dealkylation sites (N-methyl/N-ethyl adjacent to an activating group) is 1. The van der Waals surface area contributed by atoms with Gasteiger partial charge >= 0.3 is 0 Å². The third-order valence-corrected chi connectivity index (χ3v) is 3.35. The Morgan fingerprint density at radius 2 is 2.37 bits per heavy atom. The van der Waals surface area contributed by atoms with E-state index in [9.17, 15) is 5.11 Å². The van der Waals surface area contributed by atoms with Gasteiger partial charge in [-0.2, -0.15) is 0 Å².